The second kappa shape index (κ2) is 7.28. The molecular weight excluding hydrogens is 351 g/mol. The molecule has 0 spiro atoms. The zero-order chi connectivity index (χ0) is 17.1. The van der Waals surface area contributed by atoms with E-state index in [2.05, 4.69) is 4.90 Å². The number of hydrogen-bond donors (Lipinski definition) is 0. The van der Waals surface area contributed by atoms with Crippen LogP contribution in [0.25, 0.3) is 0 Å². The molecule has 126 valence electrons. The van der Waals surface area contributed by atoms with Crippen molar-refractivity contribution < 1.29 is 9.66 Å². The van der Waals surface area contributed by atoms with E-state index >= 15 is 0 Å². The number of rotatable bonds is 4. The Balaban J connectivity index is 1.59. The predicted octanol–water partition coefficient (Wildman–Crippen LogP) is 4.95. The summed E-state index contributed by atoms with van der Waals surface area (Å²) < 4.78 is 5.92. The van der Waals surface area contributed by atoms with Crippen LogP contribution in [0.1, 0.15) is 12.8 Å². The van der Waals surface area contributed by atoms with Gasteiger partial charge in [-0.3, -0.25) is 10.1 Å². The van der Waals surface area contributed by atoms with E-state index in [9.17, 15) is 10.1 Å². The van der Waals surface area contributed by atoms with Gasteiger partial charge in [0.15, 0.2) is 0 Å². The van der Waals surface area contributed by atoms with Crippen molar-refractivity contribution in [1.82, 2.24) is 0 Å². The van der Waals surface area contributed by atoms with Crippen LogP contribution in [0.3, 0.4) is 0 Å². The van der Waals surface area contributed by atoms with E-state index in [-0.39, 0.29) is 16.8 Å². The molecule has 1 heterocycles. The average molecular weight is 367 g/mol. The summed E-state index contributed by atoms with van der Waals surface area (Å²) in [6, 6.07) is 12.1. The summed E-state index contributed by atoms with van der Waals surface area (Å²) in [5, 5.41) is 11.7. The molecule has 24 heavy (non-hydrogen) atoms. The Hall–Kier alpha value is -1.98. The highest BCUT2D eigenvalue weighted by Gasteiger charge is 2.22. The number of non-ortho nitro benzene ring substituents is 1. The summed E-state index contributed by atoms with van der Waals surface area (Å²) >= 11 is 12.0. The molecule has 5 nitrogen and oxygen atoms in total. The van der Waals surface area contributed by atoms with Crippen LogP contribution in [0.15, 0.2) is 42.5 Å². The van der Waals surface area contributed by atoms with Gasteiger partial charge < -0.3 is 9.64 Å². The predicted molar refractivity (Wildman–Crippen MR) is 95.4 cm³/mol. The molecule has 0 radical (unpaired) electrons. The molecule has 1 aliphatic rings. The first kappa shape index (κ1) is 16.9. The van der Waals surface area contributed by atoms with Gasteiger partial charge in [0.25, 0.3) is 5.69 Å². The van der Waals surface area contributed by atoms with Gasteiger partial charge >= 0.3 is 0 Å². The van der Waals surface area contributed by atoms with E-state index in [1.54, 1.807) is 6.07 Å². The van der Waals surface area contributed by atoms with Crippen molar-refractivity contribution in [3.8, 4) is 5.75 Å². The first-order valence-corrected chi connectivity index (χ1v) is 8.39. The van der Waals surface area contributed by atoms with Gasteiger partial charge in [-0.25, -0.2) is 0 Å². The van der Waals surface area contributed by atoms with E-state index in [1.165, 1.54) is 12.1 Å². The normalized spacial score (nSPS) is 15.3. The molecule has 1 aliphatic heterocycles. The minimum absolute atomic E-state index is 0.0371. The van der Waals surface area contributed by atoms with Crippen molar-refractivity contribution in [3.63, 3.8) is 0 Å². The van der Waals surface area contributed by atoms with Crippen molar-refractivity contribution in [2.45, 2.75) is 18.9 Å². The lowest BCUT2D eigenvalue weighted by Gasteiger charge is -2.33. The average Bonchev–Trinajstić information content (AvgIpc) is 2.58. The van der Waals surface area contributed by atoms with Gasteiger partial charge in [-0.1, -0.05) is 23.2 Å². The number of benzene rings is 2. The maximum Gasteiger partial charge on any atom is 0.271 e. The van der Waals surface area contributed by atoms with Gasteiger partial charge in [-0.2, -0.15) is 0 Å². The van der Waals surface area contributed by atoms with Crippen LogP contribution in [0, 0.1) is 10.1 Å². The number of nitro groups is 1. The quantitative estimate of drug-likeness (QED) is 0.567. The Morgan fingerprint density at radius 3 is 2.33 bits per heavy atom. The topological polar surface area (TPSA) is 55.6 Å². The molecule has 0 saturated carbocycles. The Kier molecular flexibility index (Phi) is 5.11. The molecule has 1 saturated heterocycles. The van der Waals surface area contributed by atoms with Crippen LogP contribution >= 0.6 is 23.2 Å². The third kappa shape index (κ3) is 3.91. The molecule has 0 bridgehead atoms. The summed E-state index contributed by atoms with van der Waals surface area (Å²) in [6.07, 6.45) is 1.76. The Labute approximate surface area is 149 Å². The van der Waals surface area contributed by atoms with Crippen molar-refractivity contribution in [2.24, 2.45) is 0 Å². The molecule has 0 atom stereocenters. The first-order chi connectivity index (χ1) is 11.5. The van der Waals surface area contributed by atoms with E-state index in [4.69, 9.17) is 27.9 Å². The van der Waals surface area contributed by atoms with Crippen molar-refractivity contribution >= 4 is 34.6 Å². The summed E-state index contributed by atoms with van der Waals surface area (Å²) in [6.45, 7) is 1.74. The lowest BCUT2D eigenvalue weighted by atomic mass is 10.1. The number of ether oxygens (including phenoxy) is 1. The number of nitro benzene ring substituents is 1. The second-order valence-corrected chi connectivity index (χ2v) is 6.50. The zero-order valence-corrected chi connectivity index (χ0v) is 14.3. The number of nitrogens with zero attached hydrogens (tertiary/aromatic N) is 2. The SMILES string of the molecule is O=[N+]([O-])c1ccc(OC2CCN(c3ccc(Cl)cc3)CC2)c(Cl)c1. The lowest BCUT2D eigenvalue weighted by molar-refractivity contribution is -0.384. The molecule has 2 aromatic carbocycles. The van der Waals surface area contributed by atoms with Gasteiger partial charge in [-0.15, -0.1) is 0 Å². The smallest absolute Gasteiger partial charge is 0.271 e. The summed E-state index contributed by atoms with van der Waals surface area (Å²) in [5.41, 5.74) is 1.11. The Bertz CT molecular complexity index is 729. The molecule has 0 aliphatic carbocycles. The molecule has 0 N–H and O–H groups in total. The van der Waals surface area contributed by atoms with Crippen molar-refractivity contribution in [1.29, 1.82) is 0 Å². The van der Waals surface area contributed by atoms with Crippen molar-refractivity contribution in [3.05, 3.63) is 62.6 Å². The van der Waals surface area contributed by atoms with E-state index in [0.29, 0.717) is 5.75 Å². The fraction of sp³-hybridized carbons (Fsp3) is 0.294. The minimum atomic E-state index is -0.472. The molecule has 0 aromatic heterocycles. The summed E-state index contributed by atoms with van der Waals surface area (Å²) in [5.74, 6) is 0.493. The van der Waals surface area contributed by atoms with E-state index in [1.807, 2.05) is 24.3 Å². The molecular formula is C17H16Cl2N2O3. The zero-order valence-electron chi connectivity index (χ0n) is 12.8. The highest BCUT2D eigenvalue weighted by Crippen LogP contribution is 2.31. The van der Waals surface area contributed by atoms with Crippen LogP contribution in [0.5, 0.6) is 5.75 Å². The minimum Gasteiger partial charge on any atom is -0.489 e. The molecule has 1 fully saturated rings. The van der Waals surface area contributed by atoms with Crippen LogP contribution in [0.4, 0.5) is 11.4 Å². The van der Waals surface area contributed by atoms with E-state index < -0.39 is 4.92 Å². The van der Waals surface area contributed by atoms with Crippen LogP contribution < -0.4 is 9.64 Å². The molecule has 0 amide bonds. The lowest BCUT2D eigenvalue weighted by Crippen LogP contribution is -2.38. The Morgan fingerprint density at radius 2 is 1.75 bits per heavy atom. The summed E-state index contributed by atoms with van der Waals surface area (Å²) in [7, 11) is 0. The van der Waals surface area contributed by atoms with Crippen molar-refractivity contribution in [2.75, 3.05) is 18.0 Å². The maximum absolute atomic E-state index is 10.7. The van der Waals surface area contributed by atoms with Gasteiger partial charge in [0.1, 0.15) is 11.9 Å². The Morgan fingerprint density at radius 1 is 1.08 bits per heavy atom. The fourth-order valence-corrected chi connectivity index (χ4v) is 3.11. The first-order valence-electron chi connectivity index (χ1n) is 7.64. The van der Waals surface area contributed by atoms with Crippen LogP contribution in [-0.2, 0) is 0 Å². The third-order valence-electron chi connectivity index (χ3n) is 4.05. The largest absolute Gasteiger partial charge is 0.489 e. The fourth-order valence-electron chi connectivity index (χ4n) is 2.76. The summed E-state index contributed by atoms with van der Waals surface area (Å²) in [4.78, 5) is 12.6. The van der Waals surface area contributed by atoms with Crippen LogP contribution in [0.2, 0.25) is 10.0 Å². The van der Waals surface area contributed by atoms with Gasteiger partial charge in [0.2, 0.25) is 0 Å². The number of halogens is 2. The molecule has 7 heteroatoms. The molecule has 3 rings (SSSR count). The molecule has 2 aromatic rings. The van der Waals surface area contributed by atoms with Crippen LogP contribution in [-0.4, -0.2) is 24.1 Å². The van der Waals surface area contributed by atoms with E-state index in [0.717, 1.165) is 36.6 Å². The van der Waals surface area contributed by atoms with Gasteiger partial charge in [-0.05, 0) is 30.3 Å². The number of piperidine rings is 1. The number of anilines is 1. The third-order valence-corrected chi connectivity index (χ3v) is 4.60. The standard InChI is InChI=1S/C17H16Cl2N2O3/c18-12-1-3-13(4-2-12)20-9-7-15(8-10-20)24-17-6-5-14(21(22)23)11-16(17)19/h1-6,11,15H,7-10H2. The number of hydrogen-bond acceptors (Lipinski definition) is 4. The second-order valence-electron chi connectivity index (χ2n) is 5.65. The molecule has 0 unspecified atom stereocenters. The van der Waals surface area contributed by atoms with Gasteiger partial charge in [0, 0.05) is 48.8 Å². The highest BCUT2D eigenvalue weighted by atomic mass is 35.5. The maximum atomic E-state index is 10.7. The monoisotopic (exact) mass is 366 g/mol. The highest BCUT2D eigenvalue weighted by molar-refractivity contribution is 6.32. The van der Waals surface area contributed by atoms with Gasteiger partial charge in [0.05, 0.1) is 9.95 Å².